The van der Waals surface area contributed by atoms with E-state index in [1.807, 2.05) is 0 Å². The highest BCUT2D eigenvalue weighted by Gasteiger charge is 2.08. The molecule has 1 aromatic carbocycles. The van der Waals surface area contributed by atoms with E-state index in [1.165, 1.54) is 12.1 Å². The number of hydrogen-bond acceptors (Lipinski definition) is 3. The van der Waals surface area contributed by atoms with Crippen LogP contribution in [0.4, 0.5) is 8.78 Å². The summed E-state index contributed by atoms with van der Waals surface area (Å²) >= 11 is 0. The third kappa shape index (κ3) is 3.10. The molecule has 1 rings (SSSR count). The summed E-state index contributed by atoms with van der Waals surface area (Å²) in [6.45, 7) is 1.61. The van der Waals surface area contributed by atoms with Crippen LogP contribution in [0.1, 0.15) is 11.1 Å². The molecular formula is C9H7F2O3S-. The molecule has 0 aliphatic rings. The zero-order valence-electron chi connectivity index (χ0n) is 7.70. The van der Waals surface area contributed by atoms with Crippen LogP contribution in [0.5, 0.6) is 0 Å². The molecule has 1 aromatic rings. The molecular weight excluding hydrogens is 226 g/mol. The van der Waals surface area contributed by atoms with Crippen molar-refractivity contribution in [3.63, 3.8) is 0 Å². The Balaban J connectivity index is 3.47. The number of halogens is 2. The van der Waals surface area contributed by atoms with Crippen LogP contribution in [0.3, 0.4) is 0 Å². The molecule has 15 heavy (non-hydrogen) atoms. The summed E-state index contributed by atoms with van der Waals surface area (Å²) in [7, 11) is -4.72. The second-order valence-electron chi connectivity index (χ2n) is 2.93. The molecule has 0 atom stereocenters. The van der Waals surface area contributed by atoms with E-state index in [1.54, 1.807) is 6.92 Å². The summed E-state index contributed by atoms with van der Waals surface area (Å²) < 4.78 is 56.1. The molecule has 0 bridgehead atoms. The number of rotatable bonds is 2. The summed E-state index contributed by atoms with van der Waals surface area (Å²) in [6.07, 6.45) is -1.69. The first-order chi connectivity index (χ1) is 6.80. The Bertz CT molecular complexity index is 502. The van der Waals surface area contributed by atoms with E-state index in [0.717, 1.165) is 6.07 Å². The molecule has 0 radical (unpaired) electrons. The van der Waals surface area contributed by atoms with E-state index in [4.69, 9.17) is 0 Å². The first-order valence-electron chi connectivity index (χ1n) is 3.90. The lowest BCUT2D eigenvalue weighted by Crippen LogP contribution is -2.01. The first-order valence-corrected chi connectivity index (χ1v) is 5.31. The van der Waals surface area contributed by atoms with Crippen LogP contribution in [-0.2, 0) is 10.1 Å². The minimum atomic E-state index is -4.72. The van der Waals surface area contributed by atoms with Crippen LogP contribution >= 0.6 is 0 Å². The Hall–Kier alpha value is -1.27. The fraction of sp³-hybridized carbons (Fsp3) is 0.111. The van der Waals surface area contributed by atoms with Crippen molar-refractivity contribution in [2.24, 2.45) is 0 Å². The Morgan fingerprint density at radius 1 is 1.40 bits per heavy atom. The van der Waals surface area contributed by atoms with Gasteiger partial charge in [-0.25, -0.2) is 8.42 Å². The molecule has 0 aliphatic heterocycles. The molecule has 82 valence electrons. The van der Waals surface area contributed by atoms with E-state index in [0.29, 0.717) is 11.6 Å². The average molecular weight is 233 g/mol. The minimum absolute atomic E-state index is 0.287. The third-order valence-electron chi connectivity index (χ3n) is 1.70. The van der Waals surface area contributed by atoms with Crippen LogP contribution in [-0.4, -0.2) is 13.0 Å². The predicted octanol–water partition coefficient (Wildman–Crippen LogP) is 2.14. The van der Waals surface area contributed by atoms with Crippen molar-refractivity contribution >= 4 is 16.2 Å². The predicted molar refractivity (Wildman–Crippen MR) is 49.3 cm³/mol. The second-order valence-corrected chi connectivity index (χ2v) is 4.28. The summed E-state index contributed by atoms with van der Waals surface area (Å²) in [5.41, 5.74) is 0.305. The summed E-state index contributed by atoms with van der Waals surface area (Å²) in [5, 5.41) is 0. The maximum absolute atomic E-state index is 12.0. The summed E-state index contributed by atoms with van der Waals surface area (Å²) in [6, 6.07) is 3.61. The summed E-state index contributed by atoms with van der Waals surface area (Å²) in [5.74, 6) is 0. The highest BCUT2D eigenvalue weighted by Crippen LogP contribution is 2.20. The number of hydrogen-bond donors (Lipinski definition) is 0. The van der Waals surface area contributed by atoms with Crippen LogP contribution in [0.2, 0.25) is 0 Å². The topological polar surface area (TPSA) is 57.2 Å². The van der Waals surface area contributed by atoms with Crippen molar-refractivity contribution in [1.82, 2.24) is 0 Å². The molecule has 3 nitrogen and oxygen atoms in total. The van der Waals surface area contributed by atoms with E-state index in [-0.39, 0.29) is 5.56 Å². The number of aryl methyl sites for hydroxylation is 1. The molecule has 0 aliphatic carbocycles. The maximum Gasteiger partial charge on any atom is 0.270 e. The molecule has 0 heterocycles. The molecule has 0 unspecified atom stereocenters. The lowest BCUT2D eigenvalue weighted by atomic mass is 10.1. The monoisotopic (exact) mass is 233 g/mol. The Labute approximate surface area is 85.8 Å². The molecule has 0 fully saturated rings. The van der Waals surface area contributed by atoms with E-state index >= 15 is 0 Å². The lowest BCUT2D eigenvalue weighted by molar-refractivity contribution is 0.429. The van der Waals surface area contributed by atoms with E-state index < -0.39 is 21.1 Å². The lowest BCUT2D eigenvalue weighted by Gasteiger charge is -2.10. The van der Waals surface area contributed by atoms with Gasteiger partial charge in [-0.05, 0) is 18.6 Å². The zero-order valence-corrected chi connectivity index (χ0v) is 8.51. The van der Waals surface area contributed by atoms with Crippen LogP contribution < -0.4 is 0 Å². The Morgan fingerprint density at radius 3 is 2.47 bits per heavy atom. The van der Waals surface area contributed by atoms with Crippen LogP contribution in [0, 0.1) is 6.92 Å². The van der Waals surface area contributed by atoms with Crippen molar-refractivity contribution in [3.8, 4) is 0 Å². The fourth-order valence-electron chi connectivity index (χ4n) is 1.13. The van der Waals surface area contributed by atoms with E-state index in [2.05, 4.69) is 0 Å². The van der Waals surface area contributed by atoms with Crippen molar-refractivity contribution in [3.05, 3.63) is 35.4 Å². The highest BCUT2D eigenvalue weighted by atomic mass is 32.2. The van der Waals surface area contributed by atoms with Crippen molar-refractivity contribution in [1.29, 1.82) is 0 Å². The molecule has 0 aromatic heterocycles. The van der Waals surface area contributed by atoms with Gasteiger partial charge in [0.15, 0.2) is 0 Å². The van der Waals surface area contributed by atoms with Gasteiger partial charge in [0.25, 0.3) is 6.08 Å². The normalized spacial score (nSPS) is 11.2. The molecule has 6 heteroatoms. The summed E-state index contributed by atoms with van der Waals surface area (Å²) in [4.78, 5) is -0.638. The van der Waals surface area contributed by atoms with Gasteiger partial charge in [-0.1, -0.05) is 17.7 Å². The van der Waals surface area contributed by atoms with Crippen molar-refractivity contribution < 1.29 is 21.8 Å². The van der Waals surface area contributed by atoms with Gasteiger partial charge in [0.1, 0.15) is 10.1 Å². The molecule has 0 spiro atoms. The third-order valence-corrected chi connectivity index (χ3v) is 2.61. The largest absolute Gasteiger partial charge is 0.744 e. The smallest absolute Gasteiger partial charge is 0.270 e. The maximum atomic E-state index is 12.0. The van der Waals surface area contributed by atoms with Gasteiger partial charge >= 0.3 is 0 Å². The fourth-order valence-corrected chi connectivity index (χ4v) is 1.77. The van der Waals surface area contributed by atoms with Gasteiger partial charge < -0.3 is 4.55 Å². The van der Waals surface area contributed by atoms with Gasteiger partial charge in [0.05, 0.1) is 4.90 Å². The Morgan fingerprint density at radius 2 is 2.00 bits per heavy atom. The van der Waals surface area contributed by atoms with Gasteiger partial charge in [0, 0.05) is 6.08 Å². The first kappa shape index (κ1) is 11.8. The highest BCUT2D eigenvalue weighted by molar-refractivity contribution is 7.85. The number of benzene rings is 1. The van der Waals surface area contributed by atoms with Crippen LogP contribution in [0.15, 0.2) is 29.2 Å². The zero-order chi connectivity index (χ0) is 11.6. The average Bonchev–Trinajstić information content (AvgIpc) is 1.99. The molecule has 0 N–H and O–H groups in total. The SMILES string of the molecule is Cc1ccc(S(=O)(=O)[O-])c(C=C(F)F)c1. The second kappa shape index (κ2) is 4.08. The van der Waals surface area contributed by atoms with Gasteiger partial charge in [-0.2, -0.15) is 8.78 Å². The minimum Gasteiger partial charge on any atom is -0.744 e. The van der Waals surface area contributed by atoms with E-state index in [9.17, 15) is 21.8 Å². The molecule has 0 saturated heterocycles. The Kier molecular flexibility index (Phi) is 3.21. The van der Waals surface area contributed by atoms with Gasteiger partial charge in [-0.15, -0.1) is 0 Å². The standard InChI is InChI=1S/C9H8F2O3S/c1-6-2-3-8(15(12,13)14)7(4-6)5-9(10)11/h2-5H,1H3,(H,12,13,14)/p-1. The quantitative estimate of drug-likeness (QED) is 0.735. The van der Waals surface area contributed by atoms with Crippen molar-refractivity contribution in [2.75, 3.05) is 0 Å². The van der Waals surface area contributed by atoms with Gasteiger partial charge in [0.2, 0.25) is 0 Å². The molecule has 0 amide bonds. The molecule has 0 saturated carbocycles. The van der Waals surface area contributed by atoms with Gasteiger partial charge in [-0.3, -0.25) is 0 Å². The van der Waals surface area contributed by atoms with Crippen molar-refractivity contribution in [2.45, 2.75) is 11.8 Å². The van der Waals surface area contributed by atoms with Crippen LogP contribution in [0.25, 0.3) is 6.08 Å².